The Hall–Kier alpha value is -2.63. The largest absolute Gasteiger partial charge is 0.462 e. The maximum Gasteiger partial charge on any atom is 0.246 e. The third-order valence-electron chi connectivity index (χ3n) is 3.62. The van der Waals surface area contributed by atoms with Gasteiger partial charge < -0.3 is 14.2 Å². The Balaban J connectivity index is 1.55. The number of aromatic nitrogens is 2. The van der Waals surface area contributed by atoms with E-state index in [0.29, 0.717) is 18.8 Å². The van der Waals surface area contributed by atoms with E-state index in [0.717, 1.165) is 24.7 Å². The van der Waals surface area contributed by atoms with Gasteiger partial charge in [-0.2, -0.15) is 0 Å². The summed E-state index contributed by atoms with van der Waals surface area (Å²) in [6.45, 7) is 4.76. The molecule has 6 nitrogen and oxygen atoms in total. The van der Waals surface area contributed by atoms with Crippen LogP contribution in [0.1, 0.15) is 11.5 Å². The lowest BCUT2D eigenvalue weighted by Gasteiger charge is -2.34. The third-order valence-corrected chi connectivity index (χ3v) is 3.62. The highest BCUT2D eigenvalue weighted by molar-refractivity contribution is 5.91. The lowest BCUT2D eigenvalue weighted by Crippen LogP contribution is -2.48. The summed E-state index contributed by atoms with van der Waals surface area (Å²) in [5.41, 5.74) is 0. The molecule has 0 aromatic carbocycles. The van der Waals surface area contributed by atoms with Crippen molar-refractivity contribution in [2.45, 2.75) is 6.92 Å². The average molecular weight is 298 g/mol. The molecule has 0 radical (unpaired) electrons. The summed E-state index contributed by atoms with van der Waals surface area (Å²) in [4.78, 5) is 24.5. The van der Waals surface area contributed by atoms with Crippen LogP contribution in [0.15, 0.2) is 41.2 Å². The SMILES string of the molecule is Cc1ccc(/C=C/C(=O)N2CCN(c3cnccn3)CC2)o1. The second kappa shape index (κ2) is 6.43. The Morgan fingerprint density at radius 2 is 2.05 bits per heavy atom. The van der Waals surface area contributed by atoms with Gasteiger partial charge in [0.25, 0.3) is 0 Å². The van der Waals surface area contributed by atoms with Crippen molar-refractivity contribution in [3.63, 3.8) is 0 Å². The van der Waals surface area contributed by atoms with Gasteiger partial charge in [-0.05, 0) is 25.1 Å². The van der Waals surface area contributed by atoms with E-state index in [1.807, 2.05) is 24.0 Å². The fourth-order valence-electron chi connectivity index (χ4n) is 2.41. The van der Waals surface area contributed by atoms with Gasteiger partial charge >= 0.3 is 0 Å². The molecule has 0 spiro atoms. The van der Waals surface area contributed by atoms with Crippen LogP contribution in [0.25, 0.3) is 6.08 Å². The Kier molecular flexibility index (Phi) is 4.18. The molecule has 6 heteroatoms. The number of carbonyl (C=O) groups is 1. The van der Waals surface area contributed by atoms with Crippen LogP contribution in [0.2, 0.25) is 0 Å². The van der Waals surface area contributed by atoms with E-state index in [2.05, 4.69) is 14.9 Å². The Morgan fingerprint density at radius 1 is 1.23 bits per heavy atom. The lowest BCUT2D eigenvalue weighted by molar-refractivity contribution is -0.126. The lowest BCUT2D eigenvalue weighted by atomic mass is 10.3. The fourth-order valence-corrected chi connectivity index (χ4v) is 2.41. The van der Waals surface area contributed by atoms with E-state index >= 15 is 0 Å². The molecule has 114 valence electrons. The number of aryl methyl sites for hydroxylation is 1. The van der Waals surface area contributed by atoms with Crippen LogP contribution in [-0.2, 0) is 4.79 Å². The minimum Gasteiger partial charge on any atom is -0.462 e. The second-order valence-electron chi connectivity index (χ2n) is 5.16. The fraction of sp³-hybridized carbons (Fsp3) is 0.312. The van der Waals surface area contributed by atoms with E-state index in [9.17, 15) is 4.79 Å². The number of hydrogen-bond acceptors (Lipinski definition) is 5. The van der Waals surface area contributed by atoms with Gasteiger partial charge in [-0.1, -0.05) is 0 Å². The zero-order chi connectivity index (χ0) is 15.4. The number of rotatable bonds is 3. The van der Waals surface area contributed by atoms with Gasteiger partial charge in [0.1, 0.15) is 17.3 Å². The van der Waals surface area contributed by atoms with E-state index in [-0.39, 0.29) is 5.91 Å². The number of hydrogen-bond donors (Lipinski definition) is 0. The summed E-state index contributed by atoms with van der Waals surface area (Å²) >= 11 is 0. The Bertz CT molecular complexity index is 658. The summed E-state index contributed by atoms with van der Waals surface area (Å²) in [6.07, 6.45) is 8.36. The van der Waals surface area contributed by atoms with Gasteiger partial charge in [-0.15, -0.1) is 0 Å². The molecular formula is C16H18N4O2. The summed E-state index contributed by atoms with van der Waals surface area (Å²) in [7, 11) is 0. The molecule has 0 aliphatic carbocycles. The molecule has 2 aromatic rings. The minimum atomic E-state index is 0.00727. The van der Waals surface area contributed by atoms with E-state index in [4.69, 9.17) is 4.42 Å². The van der Waals surface area contributed by atoms with E-state index < -0.39 is 0 Å². The molecule has 3 heterocycles. The quantitative estimate of drug-likeness (QED) is 0.808. The average Bonchev–Trinajstić information content (AvgIpc) is 2.99. The summed E-state index contributed by atoms with van der Waals surface area (Å²) in [6, 6.07) is 3.73. The van der Waals surface area contributed by atoms with Crippen molar-refractivity contribution >= 4 is 17.8 Å². The molecule has 0 unspecified atom stereocenters. The van der Waals surface area contributed by atoms with Gasteiger partial charge in [-0.25, -0.2) is 4.98 Å². The number of nitrogens with zero attached hydrogens (tertiary/aromatic N) is 4. The van der Waals surface area contributed by atoms with Crippen LogP contribution in [0, 0.1) is 6.92 Å². The normalized spacial score (nSPS) is 15.5. The van der Waals surface area contributed by atoms with Crippen molar-refractivity contribution < 1.29 is 9.21 Å². The first-order valence-corrected chi connectivity index (χ1v) is 7.27. The predicted molar refractivity (Wildman–Crippen MR) is 83.3 cm³/mol. The van der Waals surface area contributed by atoms with Crippen molar-refractivity contribution in [2.75, 3.05) is 31.1 Å². The molecule has 0 bridgehead atoms. The van der Waals surface area contributed by atoms with Gasteiger partial charge in [-0.3, -0.25) is 9.78 Å². The van der Waals surface area contributed by atoms with E-state index in [1.165, 1.54) is 0 Å². The second-order valence-corrected chi connectivity index (χ2v) is 5.16. The van der Waals surface area contributed by atoms with Crippen molar-refractivity contribution in [1.82, 2.24) is 14.9 Å². The number of amides is 1. The maximum absolute atomic E-state index is 12.2. The third kappa shape index (κ3) is 3.33. The number of carbonyl (C=O) groups excluding carboxylic acids is 1. The topological polar surface area (TPSA) is 62.5 Å². The van der Waals surface area contributed by atoms with Crippen molar-refractivity contribution in [3.8, 4) is 0 Å². The molecule has 0 N–H and O–H groups in total. The van der Waals surface area contributed by atoms with Gasteiger partial charge in [0.2, 0.25) is 5.91 Å². The van der Waals surface area contributed by atoms with Crippen LogP contribution in [0.5, 0.6) is 0 Å². The van der Waals surface area contributed by atoms with Crippen molar-refractivity contribution in [1.29, 1.82) is 0 Å². The first kappa shape index (κ1) is 14.3. The van der Waals surface area contributed by atoms with Gasteiger partial charge in [0.05, 0.1) is 6.20 Å². The first-order chi connectivity index (χ1) is 10.7. The van der Waals surface area contributed by atoms with Crippen LogP contribution < -0.4 is 4.90 Å². The molecule has 2 aromatic heterocycles. The highest BCUT2D eigenvalue weighted by Crippen LogP contribution is 2.12. The van der Waals surface area contributed by atoms with Crippen molar-refractivity contribution in [3.05, 3.63) is 48.3 Å². The Morgan fingerprint density at radius 3 is 2.68 bits per heavy atom. The maximum atomic E-state index is 12.2. The zero-order valence-electron chi connectivity index (χ0n) is 12.5. The summed E-state index contributed by atoms with van der Waals surface area (Å²) in [5.74, 6) is 2.40. The number of piperazine rings is 1. The molecule has 1 amide bonds. The molecule has 0 atom stereocenters. The first-order valence-electron chi connectivity index (χ1n) is 7.27. The van der Waals surface area contributed by atoms with Crippen molar-refractivity contribution in [2.24, 2.45) is 0 Å². The molecule has 1 saturated heterocycles. The van der Waals surface area contributed by atoms with Crippen LogP contribution in [-0.4, -0.2) is 47.0 Å². The Labute approximate surface area is 129 Å². The van der Waals surface area contributed by atoms with E-state index in [1.54, 1.807) is 30.7 Å². The molecule has 1 aliphatic heterocycles. The predicted octanol–water partition coefficient (Wildman–Crippen LogP) is 1.74. The minimum absolute atomic E-state index is 0.00727. The van der Waals surface area contributed by atoms with Gasteiger partial charge in [0, 0.05) is 44.6 Å². The summed E-state index contributed by atoms with van der Waals surface area (Å²) in [5, 5.41) is 0. The molecular weight excluding hydrogens is 280 g/mol. The standard InChI is InChI=1S/C16H18N4O2/c1-13-2-3-14(22-13)4-5-16(21)20-10-8-19(9-11-20)15-12-17-6-7-18-15/h2-7,12H,8-11H2,1H3/b5-4+. The van der Waals surface area contributed by atoms with Crippen LogP contribution >= 0.6 is 0 Å². The number of furan rings is 1. The number of anilines is 1. The smallest absolute Gasteiger partial charge is 0.246 e. The molecule has 1 fully saturated rings. The highest BCUT2D eigenvalue weighted by atomic mass is 16.3. The van der Waals surface area contributed by atoms with Crippen LogP contribution in [0.4, 0.5) is 5.82 Å². The molecule has 1 aliphatic rings. The summed E-state index contributed by atoms with van der Waals surface area (Å²) < 4.78 is 5.42. The molecule has 22 heavy (non-hydrogen) atoms. The van der Waals surface area contributed by atoms with Gasteiger partial charge in [0.15, 0.2) is 0 Å². The molecule has 3 rings (SSSR count). The highest BCUT2D eigenvalue weighted by Gasteiger charge is 2.20. The zero-order valence-corrected chi connectivity index (χ0v) is 12.5. The van der Waals surface area contributed by atoms with Crippen LogP contribution in [0.3, 0.4) is 0 Å². The molecule has 0 saturated carbocycles. The monoisotopic (exact) mass is 298 g/mol.